The van der Waals surface area contributed by atoms with E-state index >= 15 is 0 Å². The summed E-state index contributed by atoms with van der Waals surface area (Å²) in [6.45, 7) is 4.18. The van der Waals surface area contributed by atoms with Gasteiger partial charge >= 0.3 is 0 Å². The van der Waals surface area contributed by atoms with Crippen molar-refractivity contribution < 1.29 is 10.2 Å². The molecule has 0 fully saturated rings. The minimum absolute atomic E-state index is 0.292. The molecule has 0 saturated heterocycles. The number of hydrogen-bond acceptors (Lipinski definition) is 4. The van der Waals surface area contributed by atoms with E-state index in [9.17, 15) is 5.11 Å². The van der Waals surface area contributed by atoms with Gasteiger partial charge in [-0.1, -0.05) is 44.1 Å². The summed E-state index contributed by atoms with van der Waals surface area (Å²) < 4.78 is 0. The van der Waals surface area contributed by atoms with E-state index in [1.165, 1.54) is 12.8 Å². The summed E-state index contributed by atoms with van der Waals surface area (Å²) >= 11 is 0. The van der Waals surface area contributed by atoms with Crippen molar-refractivity contribution in [3.8, 4) is 0 Å². The second kappa shape index (κ2) is 18.4. The zero-order valence-corrected chi connectivity index (χ0v) is 14.3. The lowest BCUT2D eigenvalue weighted by atomic mass is 10.2. The van der Waals surface area contributed by atoms with Gasteiger partial charge < -0.3 is 10.2 Å². The third kappa shape index (κ3) is 17.4. The van der Waals surface area contributed by atoms with Crippen LogP contribution in [0.3, 0.4) is 0 Å². The highest BCUT2D eigenvalue weighted by molar-refractivity contribution is 5.02. The predicted octanol–water partition coefficient (Wildman–Crippen LogP) is 3.08. The van der Waals surface area contributed by atoms with Crippen LogP contribution in [0.2, 0.25) is 0 Å². The number of aliphatic hydroxyl groups excluding tert-OH is 2. The van der Waals surface area contributed by atoms with Crippen molar-refractivity contribution in [1.29, 1.82) is 0 Å². The van der Waals surface area contributed by atoms with Gasteiger partial charge in [-0.05, 0) is 58.0 Å². The summed E-state index contributed by atoms with van der Waals surface area (Å²) in [4.78, 5) is 0. The first-order valence-electron chi connectivity index (χ1n) is 8.88. The van der Waals surface area contributed by atoms with E-state index in [4.69, 9.17) is 5.11 Å². The molecule has 0 bridgehead atoms. The molecule has 0 aromatic carbocycles. The zero-order valence-electron chi connectivity index (χ0n) is 14.3. The summed E-state index contributed by atoms with van der Waals surface area (Å²) in [6, 6.07) is 0. The monoisotopic (exact) mass is 312 g/mol. The van der Waals surface area contributed by atoms with E-state index in [2.05, 4.69) is 41.9 Å². The maximum absolute atomic E-state index is 9.65. The van der Waals surface area contributed by atoms with E-state index in [0.717, 1.165) is 58.0 Å². The lowest BCUT2D eigenvalue weighted by Gasteiger charge is -2.14. The Morgan fingerprint density at radius 3 is 1.91 bits per heavy atom. The number of rotatable bonds is 16. The molecule has 4 nitrogen and oxygen atoms in total. The minimum atomic E-state index is -0.575. The molecule has 1 atom stereocenters. The topological polar surface area (TPSA) is 64.5 Å². The van der Waals surface area contributed by atoms with E-state index < -0.39 is 6.35 Å². The van der Waals surface area contributed by atoms with Crippen LogP contribution in [0.25, 0.3) is 0 Å². The fourth-order valence-electron chi connectivity index (χ4n) is 2.04. The molecule has 0 aromatic rings. The summed E-state index contributed by atoms with van der Waals surface area (Å²) in [5.74, 6) is 0. The maximum Gasteiger partial charge on any atom is 0.160 e. The van der Waals surface area contributed by atoms with Gasteiger partial charge in [0, 0.05) is 6.61 Å². The minimum Gasteiger partial charge on any atom is -0.396 e. The lowest BCUT2D eigenvalue weighted by Crippen LogP contribution is -2.42. The Hall–Kier alpha value is -0.680. The smallest absolute Gasteiger partial charge is 0.160 e. The molecule has 0 rings (SSSR count). The van der Waals surface area contributed by atoms with Gasteiger partial charge in [-0.25, -0.2) is 0 Å². The second-order valence-corrected chi connectivity index (χ2v) is 5.59. The Morgan fingerprint density at radius 1 is 0.818 bits per heavy atom. The molecule has 0 aliphatic heterocycles. The molecule has 0 amide bonds. The van der Waals surface area contributed by atoms with Crippen LogP contribution in [0.4, 0.5) is 0 Å². The Balaban J connectivity index is 3.28. The van der Waals surface area contributed by atoms with Gasteiger partial charge in [-0.2, -0.15) is 0 Å². The SMILES string of the molecule is CCCCCNC(O)NCCCC/C=C\C=C\CCCCO. The molecule has 4 N–H and O–H groups in total. The number of hydrogen-bond donors (Lipinski definition) is 4. The molecule has 0 aliphatic carbocycles. The molecule has 0 radical (unpaired) electrons. The van der Waals surface area contributed by atoms with E-state index in [1.54, 1.807) is 0 Å². The summed E-state index contributed by atoms with van der Waals surface area (Å²) in [6.07, 6.45) is 17.7. The Morgan fingerprint density at radius 2 is 1.36 bits per heavy atom. The number of aliphatic hydroxyl groups is 2. The van der Waals surface area contributed by atoms with Gasteiger partial charge in [-0.3, -0.25) is 10.6 Å². The van der Waals surface area contributed by atoms with Crippen LogP contribution in [-0.2, 0) is 0 Å². The Bertz CT molecular complexity index is 268. The highest BCUT2D eigenvalue weighted by Crippen LogP contribution is 1.98. The van der Waals surface area contributed by atoms with Gasteiger partial charge in [0.2, 0.25) is 0 Å². The van der Waals surface area contributed by atoms with Gasteiger partial charge in [0.25, 0.3) is 0 Å². The van der Waals surface area contributed by atoms with E-state index in [0.29, 0.717) is 6.61 Å². The van der Waals surface area contributed by atoms with Crippen molar-refractivity contribution in [3.05, 3.63) is 24.3 Å². The van der Waals surface area contributed by atoms with Crippen LogP contribution in [0.1, 0.15) is 64.7 Å². The fourth-order valence-corrected chi connectivity index (χ4v) is 2.04. The van der Waals surface area contributed by atoms with E-state index in [1.807, 2.05) is 0 Å². The quantitative estimate of drug-likeness (QED) is 0.201. The van der Waals surface area contributed by atoms with Crippen LogP contribution in [0, 0.1) is 0 Å². The van der Waals surface area contributed by atoms with E-state index in [-0.39, 0.29) is 0 Å². The van der Waals surface area contributed by atoms with Crippen LogP contribution in [0.5, 0.6) is 0 Å². The average molecular weight is 312 g/mol. The van der Waals surface area contributed by atoms with Crippen molar-refractivity contribution in [2.24, 2.45) is 0 Å². The highest BCUT2D eigenvalue weighted by Gasteiger charge is 1.99. The molecule has 1 unspecified atom stereocenters. The van der Waals surface area contributed by atoms with Gasteiger partial charge in [0.05, 0.1) is 0 Å². The van der Waals surface area contributed by atoms with Crippen molar-refractivity contribution in [1.82, 2.24) is 10.6 Å². The van der Waals surface area contributed by atoms with Crippen molar-refractivity contribution in [2.75, 3.05) is 19.7 Å². The standard InChI is InChI=1S/C18H36N2O2/c1-2-3-12-15-19-18(22)20-16-13-10-8-6-4-5-7-9-11-14-17-21/h4-7,18-22H,2-3,8-17H2,1H3/b6-4-,7-5+. The maximum atomic E-state index is 9.65. The average Bonchev–Trinajstić information content (AvgIpc) is 2.52. The van der Waals surface area contributed by atoms with Crippen LogP contribution in [-0.4, -0.2) is 36.3 Å². The third-order valence-electron chi connectivity index (χ3n) is 3.42. The summed E-state index contributed by atoms with van der Waals surface area (Å²) in [7, 11) is 0. The lowest BCUT2D eigenvalue weighted by molar-refractivity contribution is 0.101. The molecular formula is C18H36N2O2. The third-order valence-corrected chi connectivity index (χ3v) is 3.42. The first-order chi connectivity index (χ1) is 10.8. The van der Waals surface area contributed by atoms with Gasteiger partial charge in [0.1, 0.15) is 0 Å². The van der Waals surface area contributed by atoms with Crippen LogP contribution >= 0.6 is 0 Å². The summed E-state index contributed by atoms with van der Waals surface area (Å²) in [5, 5.41) is 24.4. The molecule has 130 valence electrons. The number of allylic oxidation sites excluding steroid dienone is 4. The normalized spacial score (nSPS) is 13.4. The fraction of sp³-hybridized carbons (Fsp3) is 0.778. The largest absolute Gasteiger partial charge is 0.396 e. The predicted molar refractivity (Wildman–Crippen MR) is 94.6 cm³/mol. The van der Waals surface area contributed by atoms with Crippen molar-refractivity contribution >= 4 is 0 Å². The van der Waals surface area contributed by atoms with Crippen molar-refractivity contribution in [3.63, 3.8) is 0 Å². The summed E-state index contributed by atoms with van der Waals surface area (Å²) in [5.41, 5.74) is 0. The molecule has 0 spiro atoms. The van der Waals surface area contributed by atoms with Crippen LogP contribution < -0.4 is 10.6 Å². The van der Waals surface area contributed by atoms with Gasteiger partial charge in [-0.15, -0.1) is 0 Å². The number of nitrogens with one attached hydrogen (secondary N) is 2. The highest BCUT2D eigenvalue weighted by atomic mass is 16.3. The molecule has 22 heavy (non-hydrogen) atoms. The first-order valence-corrected chi connectivity index (χ1v) is 8.88. The van der Waals surface area contributed by atoms with Crippen molar-refractivity contribution in [2.45, 2.75) is 71.1 Å². The molecule has 0 aliphatic rings. The molecule has 0 aromatic heterocycles. The molecular weight excluding hydrogens is 276 g/mol. The van der Waals surface area contributed by atoms with Gasteiger partial charge in [0.15, 0.2) is 6.35 Å². The molecule has 0 heterocycles. The second-order valence-electron chi connectivity index (χ2n) is 5.59. The molecule has 4 heteroatoms. The molecule has 0 saturated carbocycles. The Labute approximate surface area is 136 Å². The first kappa shape index (κ1) is 21.3. The Kier molecular flexibility index (Phi) is 17.8. The zero-order chi connectivity index (χ0) is 16.3. The van der Waals surface area contributed by atoms with Crippen LogP contribution in [0.15, 0.2) is 24.3 Å². The number of unbranched alkanes of at least 4 members (excludes halogenated alkanes) is 6.